The van der Waals surface area contributed by atoms with Gasteiger partial charge in [-0.15, -0.1) is 0 Å². The Bertz CT molecular complexity index is 1040. The van der Waals surface area contributed by atoms with Gasteiger partial charge in [0.2, 0.25) is 10.0 Å². The summed E-state index contributed by atoms with van der Waals surface area (Å²) in [6.07, 6.45) is 2.97. The lowest BCUT2D eigenvalue weighted by atomic mass is 9.99. The van der Waals surface area contributed by atoms with Crippen LogP contribution in [0.5, 0.6) is 5.75 Å². The predicted octanol–water partition coefficient (Wildman–Crippen LogP) is 3.96. The van der Waals surface area contributed by atoms with Crippen molar-refractivity contribution in [2.45, 2.75) is 45.8 Å². The van der Waals surface area contributed by atoms with Gasteiger partial charge in [-0.05, 0) is 74.6 Å². The van der Waals surface area contributed by atoms with Gasteiger partial charge in [0.1, 0.15) is 5.75 Å². The van der Waals surface area contributed by atoms with Crippen LogP contribution in [0.1, 0.15) is 45.2 Å². The topological polar surface area (TPSA) is 79.0 Å². The highest BCUT2D eigenvalue weighted by molar-refractivity contribution is 7.92. The zero-order valence-electron chi connectivity index (χ0n) is 20.1. The number of carbonyl (C=O) groups excluding carboxylic acids is 1. The van der Waals surface area contributed by atoms with Crippen molar-refractivity contribution >= 4 is 27.3 Å². The largest absolute Gasteiger partial charge is 0.481 e. The number of ether oxygens (including phenoxy) is 1. The van der Waals surface area contributed by atoms with Crippen LogP contribution < -0.4 is 19.3 Å². The van der Waals surface area contributed by atoms with E-state index in [-0.39, 0.29) is 11.9 Å². The number of nitrogens with one attached hydrogen (secondary N) is 1. The fraction of sp³-hybridized carbons (Fsp3) is 0.480. The normalized spacial score (nSPS) is 18.3. The zero-order valence-corrected chi connectivity index (χ0v) is 20.9. The van der Waals surface area contributed by atoms with E-state index in [2.05, 4.69) is 41.4 Å². The minimum Gasteiger partial charge on any atom is -0.481 e. The van der Waals surface area contributed by atoms with Crippen molar-refractivity contribution in [3.63, 3.8) is 0 Å². The van der Waals surface area contributed by atoms with Crippen LogP contribution in [0.25, 0.3) is 0 Å². The molecule has 1 heterocycles. The molecule has 1 aliphatic heterocycles. The summed E-state index contributed by atoms with van der Waals surface area (Å²) in [5, 5.41) is 3.01. The standard InChI is InChI=1S/C25H35N3O4S/c1-18-7-6-16-28(17-18)23-10-8-21(9-11-23)19(2)26-25(29)20(3)32-24-14-12-22(13-15-24)27(4)33(5,30)31/h8-15,18-20H,6-7,16-17H2,1-5H3,(H,26,29)/t18-,19-,20+/m1/s1. The Hall–Kier alpha value is -2.74. The van der Waals surface area contributed by atoms with Gasteiger partial charge in [-0.3, -0.25) is 9.10 Å². The monoisotopic (exact) mass is 473 g/mol. The fourth-order valence-corrected chi connectivity index (χ4v) is 4.50. The van der Waals surface area contributed by atoms with Crippen molar-refractivity contribution < 1.29 is 17.9 Å². The Labute approximate surface area is 197 Å². The van der Waals surface area contributed by atoms with Crippen LogP contribution in [0, 0.1) is 5.92 Å². The van der Waals surface area contributed by atoms with Gasteiger partial charge in [0.25, 0.3) is 5.91 Å². The van der Waals surface area contributed by atoms with Crippen LogP contribution in [-0.4, -0.2) is 46.8 Å². The van der Waals surface area contributed by atoms with E-state index in [1.807, 2.05) is 6.92 Å². The van der Waals surface area contributed by atoms with Crippen molar-refractivity contribution in [3.05, 3.63) is 54.1 Å². The second kappa shape index (κ2) is 10.5. The van der Waals surface area contributed by atoms with Gasteiger partial charge in [0.05, 0.1) is 18.0 Å². The van der Waals surface area contributed by atoms with Crippen LogP contribution in [0.4, 0.5) is 11.4 Å². The van der Waals surface area contributed by atoms with Gasteiger partial charge in [-0.2, -0.15) is 0 Å². The molecule has 0 bridgehead atoms. The summed E-state index contributed by atoms with van der Waals surface area (Å²) < 4.78 is 30.3. The number of rotatable bonds is 8. The van der Waals surface area contributed by atoms with Crippen molar-refractivity contribution in [2.75, 3.05) is 35.6 Å². The van der Waals surface area contributed by atoms with Crippen LogP contribution >= 0.6 is 0 Å². The van der Waals surface area contributed by atoms with E-state index in [0.29, 0.717) is 11.4 Å². The van der Waals surface area contributed by atoms with E-state index in [0.717, 1.165) is 30.8 Å². The molecule has 8 heteroatoms. The van der Waals surface area contributed by atoms with Crippen molar-refractivity contribution in [3.8, 4) is 5.75 Å². The summed E-state index contributed by atoms with van der Waals surface area (Å²) in [5.74, 6) is 1.000. The van der Waals surface area contributed by atoms with Gasteiger partial charge in [0.15, 0.2) is 6.10 Å². The Balaban J connectivity index is 1.54. The van der Waals surface area contributed by atoms with Gasteiger partial charge in [-0.25, -0.2) is 8.42 Å². The summed E-state index contributed by atoms with van der Waals surface area (Å²) in [5.41, 5.74) is 2.79. The molecule has 0 unspecified atom stereocenters. The Morgan fingerprint density at radius 3 is 2.33 bits per heavy atom. The molecule has 0 spiro atoms. The van der Waals surface area contributed by atoms with Crippen molar-refractivity contribution in [1.82, 2.24) is 5.32 Å². The van der Waals surface area contributed by atoms with E-state index in [1.54, 1.807) is 31.2 Å². The lowest BCUT2D eigenvalue weighted by Crippen LogP contribution is -2.37. The molecule has 1 aliphatic rings. The Morgan fingerprint density at radius 2 is 1.76 bits per heavy atom. The third-order valence-electron chi connectivity index (χ3n) is 6.15. The highest BCUT2D eigenvalue weighted by Gasteiger charge is 2.20. The minimum absolute atomic E-state index is 0.149. The first-order chi connectivity index (χ1) is 15.5. The summed E-state index contributed by atoms with van der Waals surface area (Å²) >= 11 is 0. The predicted molar refractivity (Wildman–Crippen MR) is 133 cm³/mol. The highest BCUT2D eigenvalue weighted by Crippen LogP contribution is 2.25. The molecule has 1 amide bonds. The Kier molecular flexibility index (Phi) is 7.89. The van der Waals surface area contributed by atoms with E-state index < -0.39 is 16.1 Å². The van der Waals surface area contributed by atoms with Gasteiger partial charge in [-0.1, -0.05) is 19.1 Å². The van der Waals surface area contributed by atoms with Gasteiger partial charge in [0, 0.05) is 25.8 Å². The lowest BCUT2D eigenvalue weighted by Gasteiger charge is -2.33. The molecule has 1 saturated heterocycles. The Morgan fingerprint density at radius 1 is 1.12 bits per heavy atom. The first kappa shape index (κ1) is 24.9. The summed E-state index contributed by atoms with van der Waals surface area (Å²) in [4.78, 5) is 15.1. The maximum Gasteiger partial charge on any atom is 0.261 e. The van der Waals surface area contributed by atoms with Crippen molar-refractivity contribution in [1.29, 1.82) is 0 Å². The zero-order chi connectivity index (χ0) is 24.2. The number of anilines is 2. The number of nitrogens with zero attached hydrogens (tertiary/aromatic N) is 2. The molecule has 7 nitrogen and oxygen atoms in total. The molecule has 1 N–H and O–H groups in total. The number of benzene rings is 2. The lowest BCUT2D eigenvalue weighted by molar-refractivity contribution is -0.127. The second-order valence-electron chi connectivity index (χ2n) is 9.00. The van der Waals surface area contributed by atoms with Crippen LogP contribution in [0.3, 0.4) is 0 Å². The number of hydrogen-bond donors (Lipinski definition) is 1. The molecule has 3 atom stereocenters. The first-order valence-corrected chi connectivity index (χ1v) is 13.3. The minimum atomic E-state index is -3.33. The molecule has 3 rings (SSSR count). The third-order valence-corrected chi connectivity index (χ3v) is 7.36. The molecule has 0 radical (unpaired) electrons. The maximum absolute atomic E-state index is 12.7. The van der Waals surface area contributed by atoms with E-state index in [4.69, 9.17) is 4.74 Å². The first-order valence-electron chi connectivity index (χ1n) is 11.4. The van der Waals surface area contributed by atoms with Crippen LogP contribution in [-0.2, 0) is 14.8 Å². The summed E-state index contributed by atoms with van der Waals surface area (Å²) in [6.45, 7) is 8.13. The molecule has 2 aromatic rings. The summed E-state index contributed by atoms with van der Waals surface area (Å²) in [7, 11) is -1.84. The molecule has 180 valence electrons. The molecule has 2 aromatic carbocycles. The second-order valence-corrected chi connectivity index (χ2v) is 11.0. The molecule has 0 aliphatic carbocycles. The number of hydrogen-bond acceptors (Lipinski definition) is 5. The fourth-order valence-electron chi connectivity index (χ4n) is 4.00. The SMILES string of the molecule is C[C@@H]1CCCN(c2ccc([C@@H](C)NC(=O)[C@H](C)Oc3ccc(N(C)S(C)(=O)=O)cc3)cc2)C1. The molecule has 1 fully saturated rings. The molecular weight excluding hydrogens is 438 g/mol. The smallest absolute Gasteiger partial charge is 0.261 e. The van der Waals surface area contributed by atoms with Crippen molar-refractivity contribution in [2.24, 2.45) is 5.92 Å². The summed E-state index contributed by atoms with van der Waals surface area (Å²) in [6, 6.07) is 14.9. The van der Waals surface area contributed by atoms with Gasteiger partial charge < -0.3 is 15.0 Å². The number of piperidine rings is 1. The average molecular weight is 474 g/mol. The number of sulfonamides is 1. The van der Waals surface area contributed by atoms with Crippen LogP contribution in [0.15, 0.2) is 48.5 Å². The average Bonchev–Trinajstić information content (AvgIpc) is 2.78. The molecular formula is C25H35N3O4S. The van der Waals surface area contributed by atoms with E-state index in [9.17, 15) is 13.2 Å². The highest BCUT2D eigenvalue weighted by atomic mass is 32.2. The maximum atomic E-state index is 12.7. The molecule has 0 saturated carbocycles. The van der Waals surface area contributed by atoms with E-state index >= 15 is 0 Å². The number of carbonyl (C=O) groups is 1. The third kappa shape index (κ3) is 6.63. The van der Waals surface area contributed by atoms with Gasteiger partial charge >= 0.3 is 0 Å². The van der Waals surface area contributed by atoms with E-state index in [1.165, 1.54) is 29.9 Å². The quantitative estimate of drug-likeness (QED) is 0.628. The molecule has 33 heavy (non-hydrogen) atoms. The molecule has 0 aromatic heterocycles. The van der Waals surface area contributed by atoms with Crippen LogP contribution in [0.2, 0.25) is 0 Å². The number of amides is 1.